The summed E-state index contributed by atoms with van der Waals surface area (Å²) in [6.45, 7) is 10.2. The van der Waals surface area contributed by atoms with Crippen molar-refractivity contribution in [2.75, 3.05) is 7.11 Å². The molecule has 0 heterocycles. The predicted molar refractivity (Wildman–Crippen MR) is 76.2 cm³/mol. The number of methoxy groups -OCH3 is 1. The Morgan fingerprint density at radius 1 is 1.26 bits per heavy atom. The minimum absolute atomic E-state index is 0.000872. The van der Waals surface area contributed by atoms with E-state index >= 15 is 0 Å². The fraction of sp³-hybridized carbons (Fsp3) is 0.500. The molecule has 1 rings (SSSR count). The number of halogens is 1. The molecule has 0 unspecified atom stereocenters. The second-order valence-corrected chi connectivity index (χ2v) is 10.7. The van der Waals surface area contributed by atoms with Gasteiger partial charge in [-0.05, 0) is 30.3 Å². The van der Waals surface area contributed by atoms with Crippen LogP contribution in [0.15, 0.2) is 12.1 Å². The highest BCUT2D eigenvalue weighted by Crippen LogP contribution is 2.40. The lowest BCUT2D eigenvalue weighted by Crippen LogP contribution is -2.44. The average molecular weight is 284 g/mol. The van der Waals surface area contributed by atoms with Gasteiger partial charge in [0.1, 0.15) is 0 Å². The van der Waals surface area contributed by atoms with Crippen LogP contribution in [0.1, 0.15) is 31.1 Å². The van der Waals surface area contributed by atoms with Gasteiger partial charge in [0.2, 0.25) is 5.82 Å². The topological polar surface area (TPSA) is 35.5 Å². The standard InChI is InChI=1S/C14H21FO3Si/c1-14(2,3)19(5,6)18-13-10(9-16)7-8-11(17-4)12(13)15/h7-9H,1-6H3. The highest BCUT2D eigenvalue weighted by Gasteiger charge is 2.40. The number of hydrogen-bond acceptors (Lipinski definition) is 3. The van der Waals surface area contributed by atoms with E-state index in [1.165, 1.54) is 19.2 Å². The zero-order valence-electron chi connectivity index (χ0n) is 12.3. The second-order valence-electron chi connectivity index (χ2n) is 5.98. The molecule has 0 aliphatic carbocycles. The van der Waals surface area contributed by atoms with Gasteiger partial charge in [0.05, 0.1) is 12.7 Å². The minimum atomic E-state index is -2.21. The maximum atomic E-state index is 14.3. The molecule has 0 saturated heterocycles. The molecule has 0 aliphatic heterocycles. The molecule has 3 nitrogen and oxygen atoms in total. The van der Waals surface area contributed by atoms with Gasteiger partial charge in [-0.1, -0.05) is 20.8 Å². The second kappa shape index (κ2) is 5.33. The fourth-order valence-electron chi connectivity index (χ4n) is 1.32. The summed E-state index contributed by atoms with van der Waals surface area (Å²) < 4.78 is 25.1. The number of hydrogen-bond donors (Lipinski definition) is 0. The van der Waals surface area contributed by atoms with Crippen LogP contribution in [0.25, 0.3) is 0 Å². The van der Waals surface area contributed by atoms with E-state index in [1.54, 1.807) is 0 Å². The summed E-state index contributed by atoms with van der Waals surface area (Å²) in [5.41, 5.74) is 0.211. The van der Waals surface area contributed by atoms with Gasteiger partial charge in [-0.15, -0.1) is 0 Å². The van der Waals surface area contributed by atoms with Crippen molar-refractivity contribution in [1.29, 1.82) is 0 Å². The van der Waals surface area contributed by atoms with Gasteiger partial charge in [0, 0.05) is 0 Å². The van der Waals surface area contributed by atoms with Crippen LogP contribution in [0.2, 0.25) is 18.1 Å². The van der Waals surface area contributed by atoms with Crippen LogP contribution in [-0.4, -0.2) is 21.7 Å². The Morgan fingerprint density at radius 2 is 1.84 bits per heavy atom. The number of carbonyl (C=O) groups excluding carboxylic acids is 1. The molecule has 0 bridgehead atoms. The first-order valence-electron chi connectivity index (χ1n) is 6.14. The average Bonchev–Trinajstić information content (AvgIpc) is 2.30. The first kappa shape index (κ1) is 15.7. The van der Waals surface area contributed by atoms with E-state index in [0.29, 0.717) is 6.29 Å². The number of rotatable bonds is 4. The lowest BCUT2D eigenvalue weighted by Gasteiger charge is -2.36. The van der Waals surface area contributed by atoms with Crippen LogP contribution in [0.5, 0.6) is 11.5 Å². The maximum Gasteiger partial charge on any atom is 0.250 e. The van der Waals surface area contributed by atoms with Crippen LogP contribution in [0, 0.1) is 5.82 Å². The van der Waals surface area contributed by atoms with E-state index < -0.39 is 14.1 Å². The van der Waals surface area contributed by atoms with Crippen molar-refractivity contribution >= 4 is 14.6 Å². The summed E-state index contributed by atoms with van der Waals surface area (Å²) in [4.78, 5) is 11.0. The molecular weight excluding hydrogens is 263 g/mol. The van der Waals surface area contributed by atoms with Gasteiger partial charge in [0.15, 0.2) is 17.8 Å². The van der Waals surface area contributed by atoms with E-state index in [1.807, 2.05) is 13.1 Å². The van der Waals surface area contributed by atoms with E-state index in [-0.39, 0.29) is 22.1 Å². The van der Waals surface area contributed by atoms with Crippen LogP contribution in [0.3, 0.4) is 0 Å². The van der Waals surface area contributed by atoms with Crippen LogP contribution in [-0.2, 0) is 0 Å². The molecule has 0 N–H and O–H groups in total. The van der Waals surface area contributed by atoms with Gasteiger partial charge in [0.25, 0.3) is 8.32 Å². The van der Waals surface area contributed by atoms with Crippen molar-refractivity contribution in [2.45, 2.75) is 38.9 Å². The van der Waals surface area contributed by atoms with Crippen LogP contribution < -0.4 is 9.16 Å². The smallest absolute Gasteiger partial charge is 0.250 e. The molecule has 0 spiro atoms. The van der Waals surface area contributed by atoms with Crippen LogP contribution in [0.4, 0.5) is 4.39 Å². The van der Waals surface area contributed by atoms with Crippen molar-refractivity contribution in [1.82, 2.24) is 0 Å². The molecule has 0 saturated carbocycles. The molecule has 1 aromatic rings. The Balaban J connectivity index is 3.30. The predicted octanol–water partition coefficient (Wildman–Crippen LogP) is 4.03. The van der Waals surface area contributed by atoms with Gasteiger partial charge in [-0.25, -0.2) is 0 Å². The summed E-state index contributed by atoms with van der Waals surface area (Å²) in [6.07, 6.45) is 0.602. The van der Waals surface area contributed by atoms with E-state index in [4.69, 9.17) is 9.16 Å². The Hall–Kier alpha value is -1.36. The quantitative estimate of drug-likeness (QED) is 0.618. The summed E-state index contributed by atoms with van der Waals surface area (Å²) in [7, 11) is -0.831. The normalized spacial score (nSPS) is 12.2. The molecule has 19 heavy (non-hydrogen) atoms. The van der Waals surface area contributed by atoms with Crippen molar-refractivity contribution in [3.05, 3.63) is 23.5 Å². The highest BCUT2D eigenvalue weighted by atomic mass is 28.4. The molecular formula is C14H21FO3Si. The number of ether oxygens (including phenoxy) is 1. The Morgan fingerprint density at radius 3 is 2.26 bits per heavy atom. The zero-order chi connectivity index (χ0) is 14.8. The molecule has 0 radical (unpaired) electrons. The Labute approximate surface area is 114 Å². The molecule has 106 valence electrons. The number of carbonyl (C=O) groups is 1. The SMILES string of the molecule is COc1ccc(C=O)c(O[Si](C)(C)C(C)(C)C)c1F. The van der Waals surface area contributed by atoms with Crippen molar-refractivity contribution in [3.8, 4) is 11.5 Å². The van der Waals surface area contributed by atoms with Crippen molar-refractivity contribution in [3.63, 3.8) is 0 Å². The Kier molecular flexibility index (Phi) is 4.40. The molecule has 0 aromatic heterocycles. The minimum Gasteiger partial charge on any atom is -0.541 e. The zero-order valence-corrected chi connectivity index (χ0v) is 13.3. The summed E-state index contributed by atoms with van der Waals surface area (Å²) in [6, 6.07) is 2.94. The van der Waals surface area contributed by atoms with Gasteiger partial charge < -0.3 is 9.16 Å². The molecule has 0 aliphatic rings. The third kappa shape index (κ3) is 3.15. The molecule has 0 amide bonds. The first-order chi connectivity index (χ1) is 8.64. The van der Waals surface area contributed by atoms with E-state index in [0.717, 1.165) is 0 Å². The molecule has 0 atom stereocenters. The third-order valence-electron chi connectivity index (χ3n) is 3.60. The van der Waals surface area contributed by atoms with Gasteiger partial charge in [-0.2, -0.15) is 4.39 Å². The molecule has 1 aromatic carbocycles. The first-order valence-corrected chi connectivity index (χ1v) is 9.05. The van der Waals surface area contributed by atoms with Gasteiger partial charge >= 0.3 is 0 Å². The lowest BCUT2D eigenvalue weighted by atomic mass is 10.2. The maximum absolute atomic E-state index is 14.3. The third-order valence-corrected chi connectivity index (χ3v) is 7.93. The van der Waals surface area contributed by atoms with E-state index in [2.05, 4.69) is 20.8 Å². The summed E-state index contributed by atoms with van der Waals surface area (Å²) in [5.74, 6) is -0.530. The van der Waals surface area contributed by atoms with Crippen molar-refractivity contribution in [2.24, 2.45) is 0 Å². The van der Waals surface area contributed by atoms with Crippen LogP contribution >= 0.6 is 0 Å². The molecule has 0 fully saturated rings. The molecule has 5 heteroatoms. The Bertz CT molecular complexity index is 478. The lowest BCUT2D eigenvalue weighted by molar-refractivity contribution is 0.112. The fourth-order valence-corrected chi connectivity index (χ4v) is 2.34. The summed E-state index contributed by atoms with van der Waals surface area (Å²) in [5, 5.41) is -0.0807. The monoisotopic (exact) mass is 284 g/mol. The largest absolute Gasteiger partial charge is 0.541 e. The highest BCUT2D eigenvalue weighted by molar-refractivity contribution is 6.74. The van der Waals surface area contributed by atoms with E-state index in [9.17, 15) is 9.18 Å². The summed E-state index contributed by atoms with van der Waals surface area (Å²) >= 11 is 0. The number of aldehydes is 1. The van der Waals surface area contributed by atoms with Gasteiger partial charge in [-0.3, -0.25) is 4.79 Å². The number of benzene rings is 1. The van der Waals surface area contributed by atoms with Crippen molar-refractivity contribution < 1.29 is 18.3 Å².